The molecule has 0 aliphatic carbocycles. The van der Waals surface area contributed by atoms with E-state index in [1.165, 1.54) is 30.2 Å². The Bertz CT molecular complexity index is 1360. The fourth-order valence-corrected chi connectivity index (χ4v) is 4.30. The zero-order valence-electron chi connectivity index (χ0n) is 21.8. The molecule has 0 radical (unpaired) electrons. The number of halogens is 4. The van der Waals surface area contributed by atoms with Gasteiger partial charge in [-0.1, -0.05) is 12.1 Å². The lowest BCUT2D eigenvalue weighted by molar-refractivity contribution is -0.203. The maximum absolute atomic E-state index is 14.7. The van der Waals surface area contributed by atoms with Crippen molar-refractivity contribution in [1.29, 1.82) is 0 Å². The Morgan fingerprint density at radius 2 is 1.97 bits per heavy atom. The fraction of sp³-hybridized carbons (Fsp3) is 0.370. The van der Waals surface area contributed by atoms with Crippen LogP contribution in [0.3, 0.4) is 0 Å². The predicted octanol–water partition coefficient (Wildman–Crippen LogP) is 4.91. The zero-order valence-corrected chi connectivity index (χ0v) is 21.8. The molecular weight excluding hydrogens is 520 g/mol. The minimum absolute atomic E-state index is 0.0318. The molecule has 0 fully saturated rings. The summed E-state index contributed by atoms with van der Waals surface area (Å²) in [5.41, 5.74) is -1.68. The number of aliphatic imine (C=N–C) groups is 1. The van der Waals surface area contributed by atoms with Crippen LogP contribution in [0.4, 0.5) is 23.2 Å². The number of amides is 2. The number of fused-ring (bicyclic) bond motifs is 1. The number of ether oxygens (including phenoxy) is 2. The molecule has 0 spiro atoms. The minimum Gasteiger partial charge on any atom is -0.495 e. The van der Waals surface area contributed by atoms with E-state index in [1.54, 1.807) is 33.0 Å². The number of rotatable bonds is 8. The van der Waals surface area contributed by atoms with E-state index < -0.39 is 36.3 Å². The molecule has 0 bridgehead atoms. The molecule has 208 valence electrons. The molecule has 2 heterocycles. The smallest absolute Gasteiger partial charge is 0.402 e. The van der Waals surface area contributed by atoms with Gasteiger partial charge < -0.3 is 25.0 Å². The first kappa shape index (κ1) is 27.9. The second-order valence-corrected chi connectivity index (χ2v) is 9.73. The number of nitrogens with zero attached hydrogens (tertiary/aromatic N) is 2. The molecule has 2 aliphatic rings. The van der Waals surface area contributed by atoms with Crippen LogP contribution >= 0.6 is 0 Å². The summed E-state index contributed by atoms with van der Waals surface area (Å²) in [5.74, 6) is -1.58. The molecule has 4 rings (SSSR count). The van der Waals surface area contributed by atoms with Crippen LogP contribution < -0.4 is 20.1 Å². The molecule has 0 aromatic heterocycles. The van der Waals surface area contributed by atoms with Crippen molar-refractivity contribution in [3.8, 4) is 11.5 Å². The highest BCUT2D eigenvalue weighted by Gasteiger charge is 2.55. The minimum atomic E-state index is -4.72. The van der Waals surface area contributed by atoms with Crippen LogP contribution in [0, 0.1) is 11.2 Å². The number of carbonyl (C=O) groups is 2. The number of hydrogen-bond donors (Lipinski definition) is 2. The molecule has 2 N–H and O–H groups in total. The lowest BCUT2D eigenvalue weighted by Gasteiger charge is -2.33. The van der Waals surface area contributed by atoms with Gasteiger partial charge in [0, 0.05) is 31.9 Å². The number of carbonyl (C=O) groups excluding carboxylic acids is 2. The molecule has 0 saturated carbocycles. The predicted molar refractivity (Wildman–Crippen MR) is 137 cm³/mol. The van der Waals surface area contributed by atoms with Gasteiger partial charge in [-0.25, -0.2) is 9.38 Å². The van der Waals surface area contributed by atoms with Gasteiger partial charge in [0.2, 0.25) is 0 Å². The van der Waals surface area contributed by atoms with Crippen LogP contribution in [-0.2, 0) is 6.54 Å². The SMILES string of the molecule is COc1cc(C(=O)NC(C)C)c(F)cc1NC1=CCC(COc2cccc3c2C(=O)N(C)C3)(C(F)(F)F)C=N1. The second-order valence-electron chi connectivity index (χ2n) is 9.73. The van der Waals surface area contributed by atoms with Gasteiger partial charge in [0.05, 0.1) is 23.9 Å². The van der Waals surface area contributed by atoms with Crippen molar-refractivity contribution in [2.75, 3.05) is 26.1 Å². The molecule has 1 atom stereocenters. The maximum atomic E-state index is 14.7. The molecular formula is C27H28F4N4O4. The van der Waals surface area contributed by atoms with Crippen LogP contribution in [0.1, 0.15) is 46.5 Å². The van der Waals surface area contributed by atoms with Crippen molar-refractivity contribution >= 4 is 23.7 Å². The number of allylic oxidation sites excluding steroid dienone is 1. The van der Waals surface area contributed by atoms with Gasteiger partial charge in [0.25, 0.3) is 11.8 Å². The lowest BCUT2D eigenvalue weighted by atomic mass is 9.84. The van der Waals surface area contributed by atoms with Crippen molar-refractivity contribution in [3.05, 3.63) is 64.7 Å². The Morgan fingerprint density at radius 3 is 2.59 bits per heavy atom. The number of methoxy groups -OCH3 is 1. The van der Waals surface area contributed by atoms with Crippen LogP contribution in [-0.4, -0.2) is 55.9 Å². The van der Waals surface area contributed by atoms with Gasteiger partial charge in [-0.15, -0.1) is 0 Å². The first-order valence-electron chi connectivity index (χ1n) is 12.1. The Balaban J connectivity index is 1.53. The van der Waals surface area contributed by atoms with E-state index in [2.05, 4.69) is 15.6 Å². The molecule has 2 aliphatic heterocycles. The first-order valence-corrected chi connectivity index (χ1v) is 12.1. The molecule has 2 amide bonds. The first-order chi connectivity index (χ1) is 18.3. The summed E-state index contributed by atoms with van der Waals surface area (Å²) in [4.78, 5) is 30.1. The van der Waals surface area contributed by atoms with Gasteiger partial charge in [-0.05, 0) is 44.0 Å². The topological polar surface area (TPSA) is 92.3 Å². The molecule has 1 unspecified atom stereocenters. The quantitative estimate of drug-likeness (QED) is 0.458. The molecule has 2 aromatic carbocycles. The van der Waals surface area contributed by atoms with Crippen molar-refractivity contribution in [2.45, 2.75) is 39.0 Å². The summed E-state index contributed by atoms with van der Waals surface area (Å²) in [6.45, 7) is 3.01. The van der Waals surface area contributed by atoms with Gasteiger partial charge in [0.1, 0.15) is 35.2 Å². The number of nitrogens with one attached hydrogen (secondary N) is 2. The van der Waals surface area contributed by atoms with E-state index in [1.807, 2.05) is 0 Å². The van der Waals surface area contributed by atoms with Gasteiger partial charge in [-0.2, -0.15) is 13.2 Å². The summed E-state index contributed by atoms with van der Waals surface area (Å²) in [5, 5.41) is 5.35. The number of benzene rings is 2. The third-order valence-corrected chi connectivity index (χ3v) is 6.46. The van der Waals surface area contributed by atoms with Crippen molar-refractivity contribution < 1.29 is 36.6 Å². The van der Waals surface area contributed by atoms with Crippen LogP contribution in [0.2, 0.25) is 0 Å². The molecule has 0 saturated heterocycles. The summed E-state index contributed by atoms with van der Waals surface area (Å²) in [7, 11) is 2.92. The summed E-state index contributed by atoms with van der Waals surface area (Å²) in [6, 6.07) is 6.82. The summed E-state index contributed by atoms with van der Waals surface area (Å²) in [6.07, 6.45) is -3.26. The van der Waals surface area contributed by atoms with Crippen LogP contribution in [0.15, 0.2) is 47.2 Å². The van der Waals surface area contributed by atoms with E-state index in [0.29, 0.717) is 12.1 Å². The summed E-state index contributed by atoms with van der Waals surface area (Å²) < 4.78 is 68.3. The van der Waals surface area contributed by atoms with Crippen molar-refractivity contribution in [3.63, 3.8) is 0 Å². The highest BCUT2D eigenvalue weighted by molar-refractivity contribution is 6.00. The largest absolute Gasteiger partial charge is 0.495 e. The van der Waals surface area contributed by atoms with Crippen molar-refractivity contribution in [2.24, 2.45) is 10.4 Å². The lowest BCUT2D eigenvalue weighted by Crippen LogP contribution is -2.45. The van der Waals surface area contributed by atoms with E-state index in [-0.39, 0.29) is 46.1 Å². The normalized spacial score (nSPS) is 18.6. The molecule has 12 heteroatoms. The fourth-order valence-electron chi connectivity index (χ4n) is 4.30. The highest BCUT2D eigenvalue weighted by atomic mass is 19.4. The average Bonchev–Trinajstić information content (AvgIpc) is 3.16. The summed E-state index contributed by atoms with van der Waals surface area (Å²) >= 11 is 0. The second kappa shape index (κ2) is 10.6. The van der Waals surface area contributed by atoms with E-state index >= 15 is 0 Å². The monoisotopic (exact) mass is 548 g/mol. The number of hydrogen-bond acceptors (Lipinski definition) is 6. The van der Waals surface area contributed by atoms with E-state index in [9.17, 15) is 27.2 Å². The maximum Gasteiger partial charge on any atom is 0.402 e. The Kier molecular flexibility index (Phi) is 7.58. The van der Waals surface area contributed by atoms with E-state index in [4.69, 9.17) is 9.47 Å². The number of alkyl halides is 3. The third kappa shape index (κ3) is 5.55. The molecule has 39 heavy (non-hydrogen) atoms. The Labute approximate surface area is 222 Å². The van der Waals surface area contributed by atoms with Crippen LogP contribution in [0.25, 0.3) is 0 Å². The van der Waals surface area contributed by atoms with Crippen molar-refractivity contribution in [1.82, 2.24) is 10.2 Å². The van der Waals surface area contributed by atoms with E-state index in [0.717, 1.165) is 12.3 Å². The van der Waals surface area contributed by atoms with Crippen LogP contribution in [0.5, 0.6) is 11.5 Å². The van der Waals surface area contributed by atoms with Gasteiger partial charge >= 0.3 is 6.18 Å². The highest BCUT2D eigenvalue weighted by Crippen LogP contribution is 2.44. The zero-order chi connectivity index (χ0) is 28.5. The average molecular weight is 549 g/mol. The Morgan fingerprint density at radius 1 is 1.23 bits per heavy atom. The third-order valence-electron chi connectivity index (χ3n) is 6.46. The van der Waals surface area contributed by atoms with Gasteiger partial charge in [-0.3, -0.25) is 9.59 Å². The number of anilines is 1. The Hall–Kier alpha value is -4.09. The molecule has 2 aromatic rings. The van der Waals surface area contributed by atoms with Gasteiger partial charge in [0.15, 0.2) is 0 Å². The standard InChI is InChI=1S/C27H28F4N4O4/c1-15(2)33-24(36)17-10-21(38-4)19(11-18(17)28)34-22-8-9-26(13-32-22,27(29,30)31)14-39-20-7-5-6-16-12-35(3)25(37)23(16)20/h5-8,10-11,13,15,34H,9,12,14H2,1-4H3,(H,33,36). The molecule has 8 nitrogen and oxygen atoms in total.